The van der Waals surface area contributed by atoms with Crippen LogP contribution >= 0.6 is 0 Å². The van der Waals surface area contributed by atoms with Crippen molar-refractivity contribution in [2.75, 3.05) is 4.90 Å². The lowest BCUT2D eigenvalue weighted by Gasteiger charge is -2.28. The molecule has 270 valence electrons. The van der Waals surface area contributed by atoms with Crippen molar-refractivity contribution < 1.29 is 0 Å². The molecule has 0 N–H and O–H groups in total. The number of hydrogen-bond donors (Lipinski definition) is 0. The van der Waals surface area contributed by atoms with E-state index in [2.05, 4.69) is 230 Å². The monoisotopic (exact) mass is 728 g/mol. The van der Waals surface area contributed by atoms with Crippen LogP contribution in [-0.2, 0) is 5.41 Å². The molecule has 11 rings (SSSR count). The molecular weight excluding hydrogens is 689 g/mol. The number of rotatable bonds is 6. The van der Waals surface area contributed by atoms with Gasteiger partial charge in [-0.15, -0.1) is 0 Å². The van der Waals surface area contributed by atoms with Crippen LogP contribution in [0.2, 0.25) is 0 Å². The van der Waals surface area contributed by atoms with E-state index in [4.69, 9.17) is 0 Å². The zero-order valence-electron chi connectivity index (χ0n) is 32.0. The molecule has 10 aromatic rings. The van der Waals surface area contributed by atoms with Gasteiger partial charge in [0, 0.05) is 38.9 Å². The van der Waals surface area contributed by atoms with Crippen LogP contribution in [0, 0.1) is 0 Å². The fraction of sp³-hybridized carbons (Fsp3) is 0.0545. The van der Waals surface area contributed by atoms with Crippen LogP contribution in [-0.4, -0.2) is 4.57 Å². The molecule has 0 saturated heterocycles. The highest BCUT2D eigenvalue weighted by Gasteiger charge is 2.35. The summed E-state index contributed by atoms with van der Waals surface area (Å²) in [6.45, 7) is 4.69. The zero-order valence-corrected chi connectivity index (χ0v) is 32.0. The Morgan fingerprint density at radius 3 is 1.72 bits per heavy atom. The average molecular weight is 729 g/mol. The van der Waals surface area contributed by atoms with Crippen molar-refractivity contribution in [3.05, 3.63) is 217 Å². The summed E-state index contributed by atoms with van der Waals surface area (Å²) in [6, 6.07) is 75.5. The first-order valence-corrected chi connectivity index (χ1v) is 19.8. The number of anilines is 3. The average Bonchev–Trinajstić information content (AvgIpc) is 3.73. The van der Waals surface area contributed by atoms with Gasteiger partial charge in [0.1, 0.15) is 0 Å². The summed E-state index contributed by atoms with van der Waals surface area (Å²) < 4.78 is 2.40. The van der Waals surface area contributed by atoms with E-state index in [0.29, 0.717) is 0 Å². The quantitative estimate of drug-likeness (QED) is 0.165. The van der Waals surface area contributed by atoms with Crippen LogP contribution in [0.4, 0.5) is 17.1 Å². The van der Waals surface area contributed by atoms with E-state index in [1.807, 2.05) is 0 Å². The molecule has 0 unspecified atom stereocenters. The fourth-order valence-corrected chi connectivity index (χ4v) is 9.34. The zero-order chi connectivity index (χ0) is 38.1. The third-order valence-electron chi connectivity index (χ3n) is 12.2. The summed E-state index contributed by atoms with van der Waals surface area (Å²) >= 11 is 0. The van der Waals surface area contributed by atoms with Gasteiger partial charge in [0.25, 0.3) is 0 Å². The fourth-order valence-electron chi connectivity index (χ4n) is 9.34. The van der Waals surface area contributed by atoms with Crippen LogP contribution in [0.15, 0.2) is 206 Å². The Bertz CT molecular complexity index is 3120. The van der Waals surface area contributed by atoms with Gasteiger partial charge < -0.3 is 9.47 Å². The van der Waals surface area contributed by atoms with Gasteiger partial charge in [-0.25, -0.2) is 0 Å². The van der Waals surface area contributed by atoms with Gasteiger partial charge in [-0.05, 0) is 122 Å². The highest BCUT2D eigenvalue weighted by atomic mass is 15.1. The number of nitrogens with zero attached hydrogens (tertiary/aromatic N) is 2. The van der Waals surface area contributed by atoms with Gasteiger partial charge in [-0.2, -0.15) is 0 Å². The van der Waals surface area contributed by atoms with Gasteiger partial charge in [-0.3, -0.25) is 0 Å². The van der Waals surface area contributed by atoms with Crippen LogP contribution in [0.5, 0.6) is 0 Å². The molecule has 2 nitrogen and oxygen atoms in total. The Balaban J connectivity index is 0.943. The largest absolute Gasteiger partial charge is 0.310 e. The molecule has 9 aromatic carbocycles. The smallest absolute Gasteiger partial charge is 0.0547 e. The lowest BCUT2D eigenvalue weighted by molar-refractivity contribution is 0.660. The topological polar surface area (TPSA) is 8.17 Å². The Morgan fingerprint density at radius 2 is 0.947 bits per heavy atom. The predicted octanol–water partition coefficient (Wildman–Crippen LogP) is 15.0. The van der Waals surface area contributed by atoms with Crippen LogP contribution in [0.25, 0.3) is 71.6 Å². The van der Waals surface area contributed by atoms with Gasteiger partial charge in [0.05, 0.1) is 11.0 Å². The highest BCUT2D eigenvalue weighted by Crippen LogP contribution is 2.50. The van der Waals surface area contributed by atoms with Crippen molar-refractivity contribution in [3.63, 3.8) is 0 Å². The van der Waals surface area contributed by atoms with Gasteiger partial charge in [0.2, 0.25) is 0 Å². The number of para-hydroxylation sites is 2. The molecule has 1 heterocycles. The molecule has 0 amide bonds. The highest BCUT2D eigenvalue weighted by molar-refractivity contribution is 6.21. The lowest BCUT2D eigenvalue weighted by atomic mass is 9.82. The third kappa shape index (κ3) is 5.33. The summed E-state index contributed by atoms with van der Waals surface area (Å²) in [6.07, 6.45) is 0. The second-order valence-electron chi connectivity index (χ2n) is 15.8. The second-order valence-corrected chi connectivity index (χ2v) is 15.8. The summed E-state index contributed by atoms with van der Waals surface area (Å²) in [4.78, 5) is 2.38. The molecule has 0 atom stereocenters. The molecular formula is C55H40N2. The molecule has 0 aliphatic heterocycles. The maximum atomic E-state index is 2.40. The Kier molecular flexibility index (Phi) is 7.55. The van der Waals surface area contributed by atoms with E-state index in [1.165, 1.54) is 82.8 Å². The molecule has 1 aromatic heterocycles. The lowest BCUT2D eigenvalue weighted by Crippen LogP contribution is -2.16. The predicted molar refractivity (Wildman–Crippen MR) is 241 cm³/mol. The first-order valence-electron chi connectivity index (χ1n) is 19.8. The normalized spacial score (nSPS) is 12.9. The van der Waals surface area contributed by atoms with E-state index in [1.54, 1.807) is 0 Å². The Hall–Kier alpha value is -7.16. The molecule has 0 spiro atoms. The van der Waals surface area contributed by atoms with Gasteiger partial charge in [-0.1, -0.05) is 153 Å². The maximum Gasteiger partial charge on any atom is 0.0547 e. The van der Waals surface area contributed by atoms with Crippen LogP contribution in [0.3, 0.4) is 0 Å². The van der Waals surface area contributed by atoms with E-state index in [-0.39, 0.29) is 5.41 Å². The van der Waals surface area contributed by atoms with E-state index >= 15 is 0 Å². The molecule has 1 aliphatic rings. The van der Waals surface area contributed by atoms with Crippen molar-refractivity contribution in [1.29, 1.82) is 0 Å². The molecule has 1 aliphatic carbocycles. The number of benzene rings is 9. The molecule has 0 fully saturated rings. The SMILES string of the molecule is CC1(C)c2ccccc2-c2ccc(N(c3ccccc3)c3ccc(-c4ccc(-c5ccc6c(c5)c5c7ccccc7ccc5n6-c5ccccc5)cc4)cc3)cc21. The first kappa shape index (κ1) is 33.2. The number of hydrogen-bond acceptors (Lipinski definition) is 1. The van der Waals surface area contributed by atoms with E-state index < -0.39 is 0 Å². The molecule has 2 heteroatoms. The summed E-state index contributed by atoms with van der Waals surface area (Å²) in [5.41, 5.74) is 17.2. The standard InChI is InChI=1S/C55H40N2/c1-55(2)50-20-12-11-19-47(50)48-32-31-45(36-51(48)55)56(42-14-5-3-6-15-42)44-29-25-38(26-30-44)37-21-23-39(24-22-37)41-28-33-52-49(35-41)54-46-18-10-9-13-40(46)27-34-53(54)57(52)43-16-7-4-8-17-43/h3-36H,1-2H3. The second kappa shape index (κ2) is 13.0. The first-order chi connectivity index (χ1) is 28.0. The van der Waals surface area contributed by atoms with Crippen LogP contribution in [0.1, 0.15) is 25.0 Å². The molecule has 0 bridgehead atoms. The van der Waals surface area contributed by atoms with E-state index in [0.717, 1.165) is 17.1 Å². The maximum absolute atomic E-state index is 2.40. The molecule has 57 heavy (non-hydrogen) atoms. The number of fused-ring (bicyclic) bond motifs is 8. The minimum atomic E-state index is -0.0680. The van der Waals surface area contributed by atoms with E-state index in [9.17, 15) is 0 Å². The summed E-state index contributed by atoms with van der Waals surface area (Å²) in [5, 5.41) is 5.10. The van der Waals surface area contributed by atoms with Crippen molar-refractivity contribution in [2.45, 2.75) is 19.3 Å². The Morgan fingerprint density at radius 1 is 0.386 bits per heavy atom. The minimum Gasteiger partial charge on any atom is -0.310 e. The van der Waals surface area contributed by atoms with Crippen molar-refractivity contribution in [3.8, 4) is 39.1 Å². The number of aromatic nitrogens is 1. The summed E-state index contributed by atoms with van der Waals surface area (Å²) in [7, 11) is 0. The summed E-state index contributed by atoms with van der Waals surface area (Å²) in [5.74, 6) is 0. The van der Waals surface area contributed by atoms with Crippen molar-refractivity contribution in [2.24, 2.45) is 0 Å². The molecule has 0 radical (unpaired) electrons. The third-order valence-corrected chi connectivity index (χ3v) is 12.2. The molecule has 0 saturated carbocycles. The van der Waals surface area contributed by atoms with Crippen molar-refractivity contribution >= 4 is 49.6 Å². The van der Waals surface area contributed by atoms with Crippen molar-refractivity contribution in [1.82, 2.24) is 4.57 Å². The van der Waals surface area contributed by atoms with Gasteiger partial charge >= 0.3 is 0 Å². The van der Waals surface area contributed by atoms with Crippen LogP contribution < -0.4 is 4.90 Å². The van der Waals surface area contributed by atoms with Gasteiger partial charge in [0.15, 0.2) is 0 Å². The minimum absolute atomic E-state index is 0.0680. The Labute approximate surface area is 333 Å².